The number of nitrogens with one attached hydrogen (secondary N) is 3. The molecule has 0 fully saturated rings. The molecule has 0 saturated carbocycles. The topological polar surface area (TPSA) is 117 Å². The lowest BCUT2D eigenvalue weighted by Crippen LogP contribution is -2.45. The highest BCUT2D eigenvalue weighted by molar-refractivity contribution is 9.10. The Kier molecular flexibility index (Phi) is 8.05. The van der Waals surface area contributed by atoms with Crippen LogP contribution in [-0.2, 0) is 19.1 Å². The first-order chi connectivity index (χ1) is 14.5. The molecule has 0 aromatic heterocycles. The van der Waals surface area contributed by atoms with Crippen LogP contribution in [0.25, 0.3) is 0 Å². The summed E-state index contributed by atoms with van der Waals surface area (Å²) < 4.78 is 6.07. The van der Waals surface area contributed by atoms with Crippen LogP contribution in [0, 0.1) is 0 Å². The van der Waals surface area contributed by atoms with E-state index in [1.807, 2.05) is 17.9 Å². The van der Waals surface area contributed by atoms with E-state index in [2.05, 4.69) is 31.9 Å². The number of halogens is 1. The Morgan fingerprint density at radius 1 is 1.32 bits per heavy atom. The number of amides is 2. The molecular formula is C21H29BrN4O5. The van der Waals surface area contributed by atoms with Gasteiger partial charge in [-0.25, -0.2) is 0 Å². The molecule has 3 N–H and O–H groups in total. The van der Waals surface area contributed by atoms with Gasteiger partial charge >= 0.3 is 5.97 Å². The standard InChI is InChI=1S/C21H29BrN4O5/c1-12-24-18-14(19(29)25-15(7-6-8-27)20(30)23-5)9-13(22)10-16(18)26(12)11-17(28)31-21(2,3)4/h8-10,12,15,24H,6-7,11H2,1-5H3,(H,23,30)(H,25,29). The smallest absolute Gasteiger partial charge is 0.326 e. The summed E-state index contributed by atoms with van der Waals surface area (Å²) in [6, 6.07) is 2.62. The molecule has 170 valence electrons. The summed E-state index contributed by atoms with van der Waals surface area (Å²) in [6.07, 6.45) is 0.790. The van der Waals surface area contributed by atoms with Crippen molar-refractivity contribution in [3.63, 3.8) is 0 Å². The number of aldehydes is 1. The minimum Gasteiger partial charge on any atom is -0.459 e. The third-order valence-corrected chi connectivity index (χ3v) is 5.08. The minimum absolute atomic E-state index is 0.0101. The molecule has 2 unspecified atom stereocenters. The van der Waals surface area contributed by atoms with Crippen LogP contribution in [0.15, 0.2) is 16.6 Å². The van der Waals surface area contributed by atoms with Crippen LogP contribution < -0.4 is 20.9 Å². The summed E-state index contributed by atoms with van der Waals surface area (Å²) >= 11 is 3.42. The van der Waals surface area contributed by atoms with E-state index in [1.165, 1.54) is 7.05 Å². The minimum atomic E-state index is -0.839. The number of rotatable bonds is 8. The largest absolute Gasteiger partial charge is 0.459 e. The third kappa shape index (κ3) is 6.43. The zero-order chi connectivity index (χ0) is 23.3. The quantitative estimate of drug-likeness (QED) is 0.373. The number of carbonyl (C=O) groups is 4. The SMILES string of the molecule is CNC(=O)C(CCC=O)NC(=O)c1cc(Br)cc2c1NC(C)N2CC(=O)OC(C)(C)C. The number of hydrogen-bond donors (Lipinski definition) is 3. The van der Waals surface area contributed by atoms with E-state index >= 15 is 0 Å². The van der Waals surface area contributed by atoms with Gasteiger partial charge in [0.15, 0.2) is 0 Å². The van der Waals surface area contributed by atoms with Crippen LogP contribution in [-0.4, -0.2) is 55.5 Å². The van der Waals surface area contributed by atoms with Crippen molar-refractivity contribution in [2.45, 2.75) is 58.3 Å². The summed E-state index contributed by atoms with van der Waals surface area (Å²) in [6.45, 7) is 7.29. The van der Waals surface area contributed by atoms with Crippen LogP contribution in [0.1, 0.15) is 50.9 Å². The molecule has 0 bridgehead atoms. The van der Waals surface area contributed by atoms with Crippen LogP contribution in [0.5, 0.6) is 0 Å². The summed E-state index contributed by atoms with van der Waals surface area (Å²) in [4.78, 5) is 50.0. The first-order valence-electron chi connectivity index (χ1n) is 10.0. The van der Waals surface area contributed by atoms with Gasteiger partial charge in [0.25, 0.3) is 5.91 Å². The zero-order valence-corrected chi connectivity index (χ0v) is 20.0. The molecule has 0 aliphatic carbocycles. The van der Waals surface area contributed by atoms with Crippen molar-refractivity contribution in [3.8, 4) is 0 Å². The first kappa shape index (κ1) is 24.6. The Morgan fingerprint density at radius 2 is 2.00 bits per heavy atom. The number of esters is 1. The molecule has 10 heteroatoms. The van der Waals surface area contributed by atoms with Crippen LogP contribution >= 0.6 is 15.9 Å². The predicted molar refractivity (Wildman–Crippen MR) is 121 cm³/mol. The molecule has 0 radical (unpaired) electrons. The van der Waals surface area contributed by atoms with Crippen LogP contribution in [0.2, 0.25) is 0 Å². The number of ether oxygens (including phenoxy) is 1. The molecule has 2 atom stereocenters. The van der Waals surface area contributed by atoms with Crippen molar-refractivity contribution in [1.29, 1.82) is 0 Å². The number of nitrogens with zero attached hydrogens (tertiary/aromatic N) is 1. The first-order valence-corrected chi connectivity index (χ1v) is 10.8. The highest BCUT2D eigenvalue weighted by Gasteiger charge is 2.33. The summed E-state index contributed by atoms with van der Waals surface area (Å²) in [7, 11) is 1.47. The van der Waals surface area contributed by atoms with Gasteiger partial charge in [0.1, 0.15) is 24.5 Å². The fourth-order valence-electron chi connectivity index (χ4n) is 3.29. The highest BCUT2D eigenvalue weighted by atomic mass is 79.9. The van der Waals surface area contributed by atoms with E-state index in [0.29, 0.717) is 27.7 Å². The number of benzene rings is 1. The van der Waals surface area contributed by atoms with Gasteiger partial charge in [0.2, 0.25) is 5.91 Å². The lowest BCUT2D eigenvalue weighted by molar-refractivity contribution is -0.153. The van der Waals surface area contributed by atoms with E-state index in [9.17, 15) is 19.2 Å². The fourth-order valence-corrected chi connectivity index (χ4v) is 3.74. The van der Waals surface area contributed by atoms with E-state index < -0.39 is 17.6 Å². The van der Waals surface area contributed by atoms with Crippen molar-refractivity contribution < 1.29 is 23.9 Å². The normalized spacial score (nSPS) is 16.1. The van der Waals surface area contributed by atoms with Crippen molar-refractivity contribution in [2.75, 3.05) is 23.8 Å². The molecule has 0 spiro atoms. The maximum atomic E-state index is 13.0. The van der Waals surface area contributed by atoms with Gasteiger partial charge in [-0.05, 0) is 46.2 Å². The molecule has 1 heterocycles. The number of likely N-dealkylation sites (N-methyl/N-ethyl adjacent to an activating group) is 1. The Hall–Kier alpha value is -2.62. The molecule has 2 amide bonds. The second-order valence-corrected chi connectivity index (χ2v) is 9.18. The van der Waals surface area contributed by atoms with E-state index in [4.69, 9.17) is 4.74 Å². The highest BCUT2D eigenvalue weighted by Crippen LogP contribution is 2.40. The fraction of sp³-hybridized carbons (Fsp3) is 0.524. The zero-order valence-electron chi connectivity index (χ0n) is 18.4. The Balaban J connectivity index is 2.30. The van der Waals surface area contributed by atoms with Gasteiger partial charge in [-0.15, -0.1) is 0 Å². The van der Waals surface area contributed by atoms with E-state index in [0.717, 1.165) is 0 Å². The van der Waals surface area contributed by atoms with Gasteiger partial charge in [-0.2, -0.15) is 0 Å². The van der Waals surface area contributed by atoms with E-state index in [-0.39, 0.29) is 37.4 Å². The van der Waals surface area contributed by atoms with Crippen molar-refractivity contribution in [1.82, 2.24) is 10.6 Å². The van der Waals surface area contributed by atoms with Crippen LogP contribution in [0.4, 0.5) is 11.4 Å². The van der Waals surface area contributed by atoms with Crippen molar-refractivity contribution in [2.24, 2.45) is 0 Å². The van der Waals surface area contributed by atoms with Gasteiger partial charge < -0.3 is 30.4 Å². The van der Waals surface area contributed by atoms with Gasteiger partial charge in [-0.3, -0.25) is 14.4 Å². The summed E-state index contributed by atoms with van der Waals surface area (Å²) in [5.41, 5.74) is 0.947. The number of carbonyl (C=O) groups excluding carboxylic acids is 4. The average Bonchev–Trinajstić information content (AvgIpc) is 2.97. The molecule has 9 nitrogen and oxygen atoms in total. The molecule has 1 aromatic carbocycles. The molecule has 0 saturated heterocycles. The van der Waals surface area contributed by atoms with Gasteiger partial charge in [0, 0.05) is 17.9 Å². The van der Waals surface area contributed by atoms with Crippen LogP contribution in [0.3, 0.4) is 0 Å². The Morgan fingerprint density at radius 3 is 2.58 bits per heavy atom. The second-order valence-electron chi connectivity index (χ2n) is 8.27. The summed E-state index contributed by atoms with van der Waals surface area (Å²) in [5.74, 6) is -1.22. The maximum Gasteiger partial charge on any atom is 0.326 e. The number of anilines is 2. The Labute approximate surface area is 190 Å². The average molecular weight is 497 g/mol. The van der Waals surface area contributed by atoms with Crippen molar-refractivity contribution >= 4 is 51.4 Å². The monoisotopic (exact) mass is 496 g/mol. The molecule has 1 aromatic rings. The number of hydrogen-bond acceptors (Lipinski definition) is 7. The Bertz CT molecular complexity index is 868. The van der Waals surface area contributed by atoms with E-state index in [1.54, 1.807) is 26.8 Å². The second kappa shape index (κ2) is 10.1. The lowest BCUT2D eigenvalue weighted by atomic mass is 10.1. The predicted octanol–water partition coefficient (Wildman–Crippen LogP) is 2.19. The van der Waals surface area contributed by atoms with Crippen molar-refractivity contribution in [3.05, 3.63) is 22.2 Å². The summed E-state index contributed by atoms with van der Waals surface area (Å²) in [5, 5.41) is 8.42. The van der Waals surface area contributed by atoms with Gasteiger partial charge in [-0.1, -0.05) is 15.9 Å². The molecule has 1 aliphatic heterocycles. The third-order valence-electron chi connectivity index (χ3n) is 4.62. The molecular weight excluding hydrogens is 468 g/mol. The molecule has 31 heavy (non-hydrogen) atoms. The molecule has 1 aliphatic rings. The molecule has 2 rings (SSSR count). The maximum absolute atomic E-state index is 13.0. The van der Waals surface area contributed by atoms with Gasteiger partial charge in [0.05, 0.1) is 23.1 Å². The lowest BCUT2D eigenvalue weighted by Gasteiger charge is -2.26. The number of fused-ring (bicyclic) bond motifs is 1.